The SMILES string of the molecule is CNCCCNc1cc(N2CCOCC2)nc(C)n1. The van der Waals surface area contributed by atoms with Crippen LogP contribution in [0, 0.1) is 6.92 Å². The normalized spacial score (nSPS) is 15.6. The molecule has 6 nitrogen and oxygen atoms in total. The lowest BCUT2D eigenvalue weighted by Gasteiger charge is -2.28. The lowest BCUT2D eigenvalue weighted by atomic mass is 10.3. The Morgan fingerprint density at radius 1 is 1.26 bits per heavy atom. The zero-order chi connectivity index (χ0) is 13.5. The van der Waals surface area contributed by atoms with E-state index in [1.165, 1.54) is 0 Å². The standard InChI is InChI=1S/C13H23N5O/c1-11-16-12(15-5-3-4-14-2)10-13(17-11)18-6-8-19-9-7-18/h10,14H,3-9H2,1-2H3,(H,15,16,17). The quantitative estimate of drug-likeness (QED) is 0.736. The fourth-order valence-corrected chi connectivity index (χ4v) is 2.08. The lowest BCUT2D eigenvalue weighted by molar-refractivity contribution is 0.122. The van der Waals surface area contributed by atoms with E-state index in [-0.39, 0.29) is 0 Å². The summed E-state index contributed by atoms with van der Waals surface area (Å²) >= 11 is 0. The molecule has 0 aliphatic carbocycles. The van der Waals surface area contributed by atoms with Gasteiger partial charge in [0.1, 0.15) is 17.5 Å². The maximum Gasteiger partial charge on any atom is 0.134 e. The van der Waals surface area contributed by atoms with Crippen LogP contribution < -0.4 is 15.5 Å². The van der Waals surface area contributed by atoms with E-state index in [9.17, 15) is 0 Å². The smallest absolute Gasteiger partial charge is 0.134 e. The van der Waals surface area contributed by atoms with Crippen LogP contribution in [-0.4, -0.2) is 56.4 Å². The van der Waals surface area contributed by atoms with Crippen molar-refractivity contribution in [3.05, 3.63) is 11.9 Å². The van der Waals surface area contributed by atoms with Gasteiger partial charge in [0.2, 0.25) is 0 Å². The number of aryl methyl sites for hydroxylation is 1. The zero-order valence-corrected chi connectivity index (χ0v) is 11.8. The molecule has 19 heavy (non-hydrogen) atoms. The van der Waals surface area contributed by atoms with Crippen molar-refractivity contribution in [2.75, 3.05) is 56.7 Å². The topological polar surface area (TPSA) is 62.3 Å². The van der Waals surface area contributed by atoms with Crippen LogP contribution in [0.25, 0.3) is 0 Å². The van der Waals surface area contributed by atoms with Gasteiger partial charge in [0, 0.05) is 25.7 Å². The highest BCUT2D eigenvalue weighted by Crippen LogP contribution is 2.17. The Morgan fingerprint density at radius 3 is 2.79 bits per heavy atom. The van der Waals surface area contributed by atoms with Crippen molar-refractivity contribution in [3.63, 3.8) is 0 Å². The number of anilines is 2. The average molecular weight is 265 g/mol. The molecule has 6 heteroatoms. The summed E-state index contributed by atoms with van der Waals surface area (Å²) in [7, 11) is 1.96. The summed E-state index contributed by atoms with van der Waals surface area (Å²) in [6, 6.07) is 2.03. The second kappa shape index (κ2) is 7.25. The van der Waals surface area contributed by atoms with Gasteiger partial charge in [-0.2, -0.15) is 0 Å². The monoisotopic (exact) mass is 265 g/mol. The molecule has 1 fully saturated rings. The predicted molar refractivity (Wildman–Crippen MR) is 76.8 cm³/mol. The third-order valence-corrected chi connectivity index (χ3v) is 3.07. The Bertz CT molecular complexity index is 393. The van der Waals surface area contributed by atoms with Gasteiger partial charge in [0.05, 0.1) is 13.2 Å². The number of morpholine rings is 1. The number of rotatable bonds is 6. The maximum atomic E-state index is 5.37. The molecule has 1 aromatic rings. The number of nitrogens with one attached hydrogen (secondary N) is 2. The van der Waals surface area contributed by atoms with Gasteiger partial charge in [0.15, 0.2) is 0 Å². The van der Waals surface area contributed by atoms with E-state index in [4.69, 9.17) is 4.74 Å². The molecule has 0 unspecified atom stereocenters. The number of hydrogen-bond acceptors (Lipinski definition) is 6. The summed E-state index contributed by atoms with van der Waals surface area (Å²) in [5.74, 6) is 2.71. The van der Waals surface area contributed by atoms with Gasteiger partial charge in [-0.3, -0.25) is 0 Å². The van der Waals surface area contributed by atoms with Crippen LogP contribution in [0.15, 0.2) is 6.07 Å². The minimum Gasteiger partial charge on any atom is -0.378 e. The van der Waals surface area contributed by atoms with Crippen LogP contribution in [-0.2, 0) is 4.74 Å². The summed E-state index contributed by atoms with van der Waals surface area (Å²) in [5.41, 5.74) is 0. The molecule has 1 aromatic heterocycles. The summed E-state index contributed by atoms with van der Waals surface area (Å²) in [5, 5.41) is 6.48. The molecule has 0 aromatic carbocycles. The number of nitrogens with zero attached hydrogens (tertiary/aromatic N) is 3. The van der Waals surface area contributed by atoms with Crippen LogP contribution >= 0.6 is 0 Å². The first-order valence-electron chi connectivity index (χ1n) is 6.86. The molecule has 2 N–H and O–H groups in total. The Labute approximate surface area is 114 Å². The average Bonchev–Trinajstić information content (AvgIpc) is 2.44. The fraction of sp³-hybridized carbons (Fsp3) is 0.692. The van der Waals surface area contributed by atoms with Crippen LogP contribution in [0.4, 0.5) is 11.6 Å². The van der Waals surface area contributed by atoms with Crippen LogP contribution in [0.5, 0.6) is 0 Å². The predicted octanol–water partition coefficient (Wildman–Crippen LogP) is 0.643. The van der Waals surface area contributed by atoms with E-state index in [0.717, 1.165) is 63.3 Å². The molecular formula is C13H23N5O. The summed E-state index contributed by atoms with van der Waals surface area (Å²) in [6.45, 7) is 7.20. The minimum atomic E-state index is 0.772. The third kappa shape index (κ3) is 4.33. The first-order valence-corrected chi connectivity index (χ1v) is 6.86. The highest BCUT2D eigenvalue weighted by Gasteiger charge is 2.13. The molecule has 0 bridgehead atoms. The van der Waals surface area contributed by atoms with E-state index >= 15 is 0 Å². The van der Waals surface area contributed by atoms with Crippen LogP contribution in [0.3, 0.4) is 0 Å². The van der Waals surface area contributed by atoms with Crippen LogP contribution in [0.1, 0.15) is 12.2 Å². The van der Waals surface area contributed by atoms with Crippen molar-refractivity contribution < 1.29 is 4.74 Å². The Kier molecular flexibility index (Phi) is 5.35. The molecule has 1 aliphatic heterocycles. The Hall–Kier alpha value is -1.40. The molecule has 0 spiro atoms. The molecule has 1 saturated heterocycles. The van der Waals surface area contributed by atoms with Gasteiger partial charge in [-0.05, 0) is 26.9 Å². The molecule has 106 valence electrons. The van der Waals surface area contributed by atoms with Gasteiger partial charge in [-0.25, -0.2) is 9.97 Å². The number of hydrogen-bond donors (Lipinski definition) is 2. The van der Waals surface area contributed by atoms with Crippen LogP contribution in [0.2, 0.25) is 0 Å². The highest BCUT2D eigenvalue weighted by atomic mass is 16.5. The Morgan fingerprint density at radius 2 is 2.05 bits per heavy atom. The highest BCUT2D eigenvalue weighted by molar-refractivity contribution is 5.49. The number of ether oxygens (including phenoxy) is 1. The van der Waals surface area contributed by atoms with E-state index in [1.54, 1.807) is 0 Å². The van der Waals surface area contributed by atoms with Gasteiger partial charge in [-0.15, -0.1) is 0 Å². The maximum absolute atomic E-state index is 5.37. The van der Waals surface area contributed by atoms with E-state index < -0.39 is 0 Å². The second-order valence-corrected chi connectivity index (χ2v) is 4.64. The summed E-state index contributed by atoms with van der Waals surface area (Å²) in [4.78, 5) is 11.2. The minimum absolute atomic E-state index is 0.772. The molecule has 0 amide bonds. The molecular weight excluding hydrogens is 242 g/mol. The molecule has 0 radical (unpaired) electrons. The van der Waals surface area contributed by atoms with Gasteiger partial charge in [-0.1, -0.05) is 0 Å². The van der Waals surface area contributed by atoms with Gasteiger partial charge >= 0.3 is 0 Å². The van der Waals surface area contributed by atoms with E-state index in [1.807, 2.05) is 20.0 Å². The number of aromatic nitrogens is 2. The molecule has 1 aliphatic rings. The lowest BCUT2D eigenvalue weighted by Crippen LogP contribution is -2.37. The van der Waals surface area contributed by atoms with Crippen molar-refractivity contribution in [1.82, 2.24) is 15.3 Å². The Balaban J connectivity index is 1.97. The fourth-order valence-electron chi connectivity index (χ4n) is 2.08. The van der Waals surface area contributed by atoms with Crippen molar-refractivity contribution in [2.45, 2.75) is 13.3 Å². The van der Waals surface area contributed by atoms with Crippen molar-refractivity contribution >= 4 is 11.6 Å². The second-order valence-electron chi connectivity index (χ2n) is 4.64. The molecule has 2 heterocycles. The molecule has 2 rings (SSSR count). The van der Waals surface area contributed by atoms with Gasteiger partial charge < -0.3 is 20.3 Å². The first kappa shape index (κ1) is 14.0. The van der Waals surface area contributed by atoms with Crippen molar-refractivity contribution in [1.29, 1.82) is 0 Å². The van der Waals surface area contributed by atoms with Crippen molar-refractivity contribution in [3.8, 4) is 0 Å². The van der Waals surface area contributed by atoms with Crippen molar-refractivity contribution in [2.24, 2.45) is 0 Å². The third-order valence-electron chi connectivity index (χ3n) is 3.07. The molecule has 0 saturated carbocycles. The van der Waals surface area contributed by atoms with E-state index in [2.05, 4.69) is 25.5 Å². The first-order chi connectivity index (χ1) is 9.29. The zero-order valence-electron chi connectivity index (χ0n) is 11.8. The largest absolute Gasteiger partial charge is 0.378 e. The van der Waals surface area contributed by atoms with Gasteiger partial charge in [0.25, 0.3) is 0 Å². The summed E-state index contributed by atoms with van der Waals surface area (Å²) < 4.78 is 5.37. The molecule has 0 atom stereocenters. The van der Waals surface area contributed by atoms with E-state index in [0.29, 0.717) is 0 Å². The summed E-state index contributed by atoms with van der Waals surface area (Å²) in [6.07, 6.45) is 1.08.